The van der Waals surface area contributed by atoms with Gasteiger partial charge in [-0.3, -0.25) is 4.79 Å². The van der Waals surface area contributed by atoms with Gasteiger partial charge in [-0.2, -0.15) is 13.2 Å². The fourth-order valence-corrected chi connectivity index (χ4v) is 2.65. The molecule has 2 rings (SSSR count). The molecule has 1 heterocycles. The molecule has 9 heteroatoms. The molecule has 1 N–H and O–H groups in total. The number of carboxylic acids is 1. The van der Waals surface area contributed by atoms with Crippen LogP contribution in [0.2, 0.25) is 0 Å². The minimum atomic E-state index is -4.14. The lowest BCUT2D eigenvalue weighted by Gasteiger charge is -2.29. The Hall–Kier alpha value is -1.67. The Kier molecular flexibility index (Phi) is 4.48. The normalized spacial score (nSPS) is 24.8. The topological polar surface area (TPSA) is 80.9 Å². The van der Waals surface area contributed by atoms with Gasteiger partial charge >= 0.3 is 12.1 Å². The van der Waals surface area contributed by atoms with Gasteiger partial charge in [-0.05, 0) is 36.1 Å². The largest absolute Gasteiger partial charge is 0.481 e. The van der Waals surface area contributed by atoms with Crippen LogP contribution in [-0.4, -0.2) is 37.5 Å². The van der Waals surface area contributed by atoms with Gasteiger partial charge in [0.05, 0.1) is 18.4 Å². The molecule has 1 fully saturated rings. The first kappa shape index (κ1) is 15.7. The zero-order valence-electron chi connectivity index (χ0n) is 11.5. The molecule has 1 unspecified atom stereocenters. The van der Waals surface area contributed by atoms with E-state index in [1.165, 1.54) is 11.6 Å². The van der Waals surface area contributed by atoms with Crippen LogP contribution in [0.15, 0.2) is 0 Å². The predicted octanol–water partition coefficient (Wildman–Crippen LogP) is 2.23. The van der Waals surface area contributed by atoms with Crippen LogP contribution in [0.5, 0.6) is 0 Å². The van der Waals surface area contributed by atoms with Crippen LogP contribution in [0.3, 0.4) is 0 Å². The third kappa shape index (κ3) is 3.70. The molecule has 0 aromatic carbocycles. The monoisotopic (exact) mass is 306 g/mol. The first-order valence-corrected chi connectivity index (χ1v) is 6.84. The lowest BCUT2D eigenvalue weighted by Crippen LogP contribution is -2.28. The van der Waals surface area contributed by atoms with E-state index in [1.54, 1.807) is 0 Å². The quantitative estimate of drug-likeness (QED) is 0.922. The van der Waals surface area contributed by atoms with Crippen LogP contribution in [0.4, 0.5) is 13.2 Å². The maximum Gasteiger partial charge on any atom is 0.391 e. The van der Waals surface area contributed by atoms with E-state index in [1.807, 2.05) is 0 Å². The molecule has 0 amide bonds. The van der Waals surface area contributed by atoms with Crippen molar-refractivity contribution in [1.82, 2.24) is 20.2 Å². The maximum atomic E-state index is 12.6. The highest BCUT2D eigenvalue weighted by molar-refractivity contribution is 5.69. The summed E-state index contributed by atoms with van der Waals surface area (Å²) in [5.74, 6) is -2.52. The summed E-state index contributed by atoms with van der Waals surface area (Å²) in [6.07, 6.45) is -3.28. The van der Waals surface area contributed by atoms with Crippen LogP contribution < -0.4 is 0 Å². The first-order chi connectivity index (χ1) is 9.79. The number of halogens is 3. The summed E-state index contributed by atoms with van der Waals surface area (Å²) in [7, 11) is 0. The van der Waals surface area contributed by atoms with E-state index in [2.05, 4.69) is 15.5 Å². The third-order valence-corrected chi connectivity index (χ3v) is 3.98. The van der Waals surface area contributed by atoms with Crippen molar-refractivity contribution in [3.63, 3.8) is 0 Å². The van der Waals surface area contributed by atoms with Gasteiger partial charge in [0.2, 0.25) is 0 Å². The van der Waals surface area contributed by atoms with Gasteiger partial charge in [-0.1, -0.05) is 6.92 Å². The second-order valence-electron chi connectivity index (χ2n) is 5.55. The molecule has 6 nitrogen and oxygen atoms in total. The fourth-order valence-electron chi connectivity index (χ4n) is 2.65. The maximum absolute atomic E-state index is 12.6. The van der Waals surface area contributed by atoms with Crippen LogP contribution in [-0.2, 0) is 11.3 Å². The molecule has 0 saturated heterocycles. The van der Waals surface area contributed by atoms with Gasteiger partial charge in [-0.25, -0.2) is 4.68 Å². The number of hydrogen-bond donors (Lipinski definition) is 1. The zero-order chi connectivity index (χ0) is 15.6. The molecule has 1 aromatic heterocycles. The molecular formula is C12H17F3N4O2. The SMILES string of the molecule is CC(Cn1nnnc1C1CCC(C(F)(F)F)CC1)C(=O)O. The second-order valence-corrected chi connectivity index (χ2v) is 5.55. The highest BCUT2D eigenvalue weighted by Gasteiger charge is 2.42. The van der Waals surface area contributed by atoms with Crippen molar-refractivity contribution in [1.29, 1.82) is 0 Å². The summed E-state index contributed by atoms with van der Waals surface area (Å²) in [6, 6.07) is 0. The molecule has 21 heavy (non-hydrogen) atoms. The van der Waals surface area contributed by atoms with Crippen LogP contribution in [0.1, 0.15) is 44.3 Å². The van der Waals surface area contributed by atoms with Gasteiger partial charge in [-0.15, -0.1) is 5.10 Å². The highest BCUT2D eigenvalue weighted by atomic mass is 19.4. The summed E-state index contributed by atoms with van der Waals surface area (Å²) < 4.78 is 39.3. The average Bonchev–Trinajstić information content (AvgIpc) is 2.86. The van der Waals surface area contributed by atoms with E-state index < -0.39 is 24.0 Å². The Bertz CT molecular complexity index is 495. The Labute approximate surface area is 119 Å². The number of carbonyl (C=O) groups is 1. The predicted molar refractivity (Wildman–Crippen MR) is 65.4 cm³/mol. The van der Waals surface area contributed by atoms with Crippen molar-refractivity contribution in [2.75, 3.05) is 0 Å². The van der Waals surface area contributed by atoms with Gasteiger partial charge < -0.3 is 5.11 Å². The Morgan fingerprint density at radius 2 is 2.00 bits per heavy atom. The lowest BCUT2D eigenvalue weighted by molar-refractivity contribution is -0.182. The smallest absolute Gasteiger partial charge is 0.391 e. The van der Waals surface area contributed by atoms with Crippen molar-refractivity contribution in [2.24, 2.45) is 11.8 Å². The first-order valence-electron chi connectivity index (χ1n) is 6.84. The lowest BCUT2D eigenvalue weighted by atomic mass is 9.81. The Morgan fingerprint density at radius 1 is 1.38 bits per heavy atom. The summed E-state index contributed by atoms with van der Waals surface area (Å²) in [6.45, 7) is 1.66. The minimum Gasteiger partial charge on any atom is -0.481 e. The van der Waals surface area contributed by atoms with E-state index >= 15 is 0 Å². The van der Waals surface area contributed by atoms with Gasteiger partial charge in [0.1, 0.15) is 0 Å². The van der Waals surface area contributed by atoms with Gasteiger partial charge in [0.25, 0.3) is 0 Å². The van der Waals surface area contributed by atoms with Crippen molar-refractivity contribution in [3.05, 3.63) is 5.82 Å². The number of aromatic nitrogens is 4. The highest BCUT2D eigenvalue weighted by Crippen LogP contribution is 2.42. The number of rotatable bonds is 4. The summed E-state index contributed by atoms with van der Waals surface area (Å²) in [5.41, 5.74) is 0. The molecule has 0 spiro atoms. The number of hydrogen-bond acceptors (Lipinski definition) is 4. The second kappa shape index (κ2) is 5.98. The van der Waals surface area contributed by atoms with E-state index in [0.717, 1.165) is 0 Å². The standard InChI is InChI=1S/C12H17F3N4O2/c1-7(11(20)21)6-19-10(16-17-18-19)8-2-4-9(5-3-8)12(13,14)15/h7-9H,2-6H2,1H3,(H,20,21). The van der Waals surface area contributed by atoms with E-state index in [9.17, 15) is 18.0 Å². The third-order valence-electron chi connectivity index (χ3n) is 3.98. The fraction of sp³-hybridized carbons (Fsp3) is 0.833. The summed E-state index contributed by atoms with van der Waals surface area (Å²) in [5, 5.41) is 20.0. The van der Waals surface area contributed by atoms with E-state index in [0.29, 0.717) is 18.7 Å². The molecular weight excluding hydrogens is 289 g/mol. The molecule has 0 bridgehead atoms. The van der Waals surface area contributed by atoms with Crippen LogP contribution in [0, 0.1) is 11.8 Å². The van der Waals surface area contributed by atoms with Crippen molar-refractivity contribution in [2.45, 2.75) is 51.2 Å². The minimum absolute atomic E-state index is 0.0650. The number of carboxylic acid groups (broad SMARTS) is 1. The number of alkyl halides is 3. The number of tetrazole rings is 1. The Morgan fingerprint density at radius 3 is 2.52 bits per heavy atom. The summed E-state index contributed by atoms with van der Waals surface area (Å²) in [4.78, 5) is 10.9. The molecule has 0 radical (unpaired) electrons. The molecule has 0 aliphatic heterocycles. The van der Waals surface area contributed by atoms with Gasteiger partial charge in [0.15, 0.2) is 5.82 Å². The molecule has 1 aliphatic rings. The molecule has 1 aromatic rings. The van der Waals surface area contributed by atoms with Crippen molar-refractivity contribution < 1.29 is 23.1 Å². The molecule has 1 saturated carbocycles. The Balaban J connectivity index is 2.01. The average molecular weight is 306 g/mol. The van der Waals surface area contributed by atoms with Crippen molar-refractivity contribution >= 4 is 5.97 Å². The number of aliphatic carboxylic acids is 1. The van der Waals surface area contributed by atoms with Crippen LogP contribution in [0.25, 0.3) is 0 Å². The van der Waals surface area contributed by atoms with E-state index in [-0.39, 0.29) is 25.3 Å². The van der Waals surface area contributed by atoms with Crippen LogP contribution >= 0.6 is 0 Å². The summed E-state index contributed by atoms with van der Waals surface area (Å²) >= 11 is 0. The van der Waals surface area contributed by atoms with E-state index in [4.69, 9.17) is 5.11 Å². The molecule has 1 atom stereocenters. The van der Waals surface area contributed by atoms with Gasteiger partial charge in [0, 0.05) is 5.92 Å². The number of nitrogens with zero attached hydrogens (tertiary/aromatic N) is 4. The molecule has 118 valence electrons. The molecule has 1 aliphatic carbocycles. The van der Waals surface area contributed by atoms with Crippen molar-refractivity contribution in [3.8, 4) is 0 Å². The zero-order valence-corrected chi connectivity index (χ0v) is 11.5.